The molecule has 0 saturated heterocycles. The Labute approximate surface area is 109 Å². The first kappa shape index (κ1) is 13.4. The fourth-order valence-corrected chi connectivity index (χ4v) is 2.10. The first-order valence-corrected chi connectivity index (χ1v) is 6.05. The summed E-state index contributed by atoms with van der Waals surface area (Å²) < 4.78 is 13.8. The number of anilines is 1. The first-order chi connectivity index (χ1) is 8.97. The van der Waals surface area contributed by atoms with E-state index in [0.29, 0.717) is 6.42 Å². The molecule has 0 bridgehead atoms. The molecule has 2 rings (SSSR count). The molecule has 0 unspecified atom stereocenters. The van der Waals surface area contributed by atoms with E-state index in [1.807, 2.05) is 0 Å². The lowest BCUT2D eigenvalue weighted by Gasteiger charge is -2.19. The van der Waals surface area contributed by atoms with Crippen molar-refractivity contribution in [2.45, 2.75) is 31.7 Å². The number of amides is 1. The van der Waals surface area contributed by atoms with Crippen LogP contribution in [0.3, 0.4) is 0 Å². The van der Waals surface area contributed by atoms with Crippen LogP contribution in [0.5, 0.6) is 0 Å². The second kappa shape index (κ2) is 5.31. The maximum absolute atomic E-state index is 13.8. The Balaban J connectivity index is 2.33. The number of hydrogen-bond acceptors (Lipinski definition) is 5. The first-order valence-electron chi connectivity index (χ1n) is 6.05. The fraction of sp³-hybridized carbons (Fsp3) is 0.417. The molecule has 6 nitrogen and oxygen atoms in total. The molecule has 1 aromatic heterocycles. The number of nitrogens with zero attached hydrogens (tertiary/aromatic N) is 2. The molecule has 1 aliphatic rings. The minimum atomic E-state index is -0.817. The van der Waals surface area contributed by atoms with Crippen molar-refractivity contribution in [1.29, 1.82) is 0 Å². The van der Waals surface area contributed by atoms with Gasteiger partial charge in [-0.05, 0) is 25.3 Å². The summed E-state index contributed by atoms with van der Waals surface area (Å²) >= 11 is 0. The van der Waals surface area contributed by atoms with Gasteiger partial charge in [-0.15, -0.1) is 0 Å². The van der Waals surface area contributed by atoms with Crippen molar-refractivity contribution in [2.75, 3.05) is 5.73 Å². The quantitative estimate of drug-likeness (QED) is 0.734. The number of pyridine rings is 1. The topological polar surface area (TPSA) is 120 Å². The predicted octanol–water partition coefficient (Wildman–Crippen LogP) is 0.876. The monoisotopic (exact) mass is 265 g/mol. The van der Waals surface area contributed by atoms with E-state index in [9.17, 15) is 9.18 Å². The highest BCUT2D eigenvalue weighted by Crippen LogP contribution is 2.23. The number of aliphatic imine (C=N–C) groups is 1. The number of rotatable bonds is 2. The van der Waals surface area contributed by atoms with E-state index < -0.39 is 11.7 Å². The lowest BCUT2D eigenvalue weighted by molar-refractivity contribution is 0.100. The molecule has 0 aliphatic heterocycles. The van der Waals surface area contributed by atoms with Gasteiger partial charge < -0.3 is 17.2 Å². The largest absolute Gasteiger partial charge is 0.383 e. The minimum absolute atomic E-state index is 0.0535. The van der Waals surface area contributed by atoms with Crippen LogP contribution < -0.4 is 17.2 Å². The van der Waals surface area contributed by atoms with Gasteiger partial charge >= 0.3 is 0 Å². The van der Waals surface area contributed by atoms with E-state index in [1.54, 1.807) is 0 Å². The molecule has 1 atom stereocenters. The molecule has 1 heterocycles. The molecule has 1 aliphatic carbocycles. The molecule has 1 aromatic rings. The van der Waals surface area contributed by atoms with Crippen LogP contribution in [0.2, 0.25) is 0 Å². The molecular formula is C12H16FN5O. The van der Waals surface area contributed by atoms with Gasteiger partial charge in [-0.2, -0.15) is 0 Å². The van der Waals surface area contributed by atoms with Crippen LogP contribution in [0.15, 0.2) is 11.1 Å². The van der Waals surface area contributed by atoms with E-state index in [2.05, 4.69) is 9.98 Å². The maximum Gasteiger partial charge on any atom is 0.252 e. The van der Waals surface area contributed by atoms with Gasteiger partial charge in [0, 0.05) is 18.2 Å². The summed E-state index contributed by atoms with van der Waals surface area (Å²) in [5.41, 5.74) is 17.1. The Hall–Kier alpha value is -2.02. The standard InChI is InChI=1S/C12H16FN5O/c13-9-5-8(11(16)19)10(15)18-12(9)17-7-3-1-2-6(14)4-7/h5-6H,1-4,14H2,(H2,15,18)(H2,16,19)/b17-7+/t6-/m1/s1. The molecular weight excluding hydrogens is 249 g/mol. The molecule has 19 heavy (non-hydrogen) atoms. The molecule has 6 N–H and O–H groups in total. The molecule has 7 heteroatoms. The number of nitrogens with two attached hydrogens (primary N) is 3. The van der Waals surface area contributed by atoms with Crippen molar-refractivity contribution in [3.05, 3.63) is 17.4 Å². The van der Waals surface area contributed by atoms with Crippen molar-refractivity contribution in [3.8, 4) is 0 Å². The Kier molecular flexibility index (Phi) is 3.75. The third-order valence-corrected chi connectivity index (χ3v) is 3.05. The number of aromatic nitrogens is 1. The average molecular weight is 265 g/mol. The number of carbonyl (C=O) groups excluding carboxylic acids is 1. The van der Waals surface area contributed by atoms with E-state index >= 15 is 0 Å². The van der Waals surface area contributed by atoms with Crippen LogP contribution in [0.25, 0.3) is 0 Å². The van der Waals surface area contributed by atoms with Crippen LogP contribution in [-0.2, 0) is 0 Å². The van der Waals surface area contributed by atoms with Crippen LogP contribution >= 0.6 is 0 Å². The SMILES string of the molecule is NC(=O)c1cc(F)c(/N=C2\CCC[C@@H](N)C2)nc1N. The predicted molar refractivity (Wildman–Crippen MR) is 70.7 cm³/mol. The Morgan fingerprint density at radius 3 is 2.89 bits per heavy atom. The summed E-state index contributed by atoms with van der Waals surface area (Å²) in [5.74, 6) is -1.77. The highest BCUT2D eigenvalue weighted by Gasteiger charge is 2.17. The third-order valence-electron chi connectivity index (χ3n) is 3.05. The highest BCUT2D eigenvalue weighted by molar-refractivity contribution is 5.97. The second-order valence-electron chi connectivity index (χ2n) is 4.63. The van der Waals surface area contributed by atoms with Crippen molar-refractivity contribution >= 4 is 23.3 Å². The van der Waals surface area contributed by atoms with Gasteiger partial charge in [-0.1, -0.05) is 0 Å². The molecule has 0 radical (unpaired) electrons. The number of halogens is 1. The lowest BCUT2D eigenvalue weighted by Crippen LogP contribution is -2.27. The zero-order chi connectivity index (χ0) is 14.0. The Morgan fingerprint density at radius 2 is 2.26 bits per heavy atom. The smallest absolute Gasteiger partial charge is 0.252 e. The number of nitrogen functional groups attached to an aromatic ring is 1. The van der Waals surface area contributed by atoms with Gasteiger partial charge in [0.15, 0.2) is 11.6 Å². The van der Waals surface area contributed by atoms with E-state index in [-0.39, 0.29) is 23.2 Å². The number of primary amides is 1. The molecule has 0 spiro atoms. The summed E-state index contributed by atoms with van der Waals surface area (Å²) in [4.78, 5) is 18.9. The average Bonchev–Trinajstić information content (AvgIpc) is 2.33. The van der Waals surface area contributed by atoms with Crippen LogP contribution in [-0.4, -0.2) is 22.6 Å². The molecule has 1 amide bonds. The second-order valence-corrected chi connectivity index (χ2v) is 4.63. The van der Waals surface area contributed by atoms with Crippen molar-refractivity contribution in [3.63, 3.8) is 0 Å². The summed E-state index contributed by atoms with van der Waals surface area (Å²) in [7, 11) is 0. The molecule has 1 saturated carbocycles. The molecule has 1 fully saturated rings. The minimum Gasteiger partial charge on any atom is -0.383 e. The normalized spacial score (nSPS) is 21.6. The maximum atomic E-state index is 13.8. The van der Waals surface area contributed by atoms with Gasteiger partial charge in [0.25, 0.3) is 5.91 Å². The van der Waals surface area contributed by atoms with Crippen molar-refractivity contribution < 1.29 is 9.18 Å². The number of carbonyl (C=O) groups is 1. The zero-order valence-corrected chi connectivity index (χ0v) is 10.4. The van der Waals surface area contributed by atoms with Gasteiger partial charge in [-0.3, -0.25) is 4.79 Å². The molecule has 102 valence electrons. The van der Waals surface area contributed by atoms with Gasteiger partial charge in [-0.25, -0.2) is 14.4 Å². The zero-order valence-electron chi connectivity index (χ0n) is 10.4. The summed E-state index contributed by atoms with van der Waals surface area (Å²) in [5, 5.41) is 0. The van der Waals surface area contributed by atoms with Crippen molar-refractivity contribution in [2.24, 2.45) is 16.5 Å². The van der Waals surface area contributed by atoms with Gasteiger partial charge in [0.2, 0.25) is 0 Å². The van der Waals surface area contributed by atoms with Gasteiger partial charge in [0.05, 0.1) is 5.56 Å². The summed E-state index contributed by atoms with van der Waals surface area (Å²) in [6, 6.07) is 1.02. The van der Waals surface area contributed by atoms with E-state index in [0.717, 1.165) is 31.0 Å². The van der Waals surface area contributed by atoms with E-state index in [1.165, 1.54) is 0 Å². The van der Waals surface area contributed by atoms with Gasteiger partial charge in [0.1, 0.15) is 5.82 Å². The lowest BCUT2D eigenvalue weighted by atomic mass is 9.94. The van der Waals surface area contributed by atoms with Crippen LogP contribution in [0, 0.1) is 5.82 Å². The fourth-order valence-electron chi connectivity index (χ4n) is 2.10. The molecule has 0 aromatic carbocycles. The van der Waals surface area contributed by atoms with Crippen molar-refractivity contribution in [1.82, 2.24) is 4.98 Å². The Morgan fingerprint density at radius 1 is 1.53 bits per heavy atom. The number of hydrogen-bond donors (Lipinski definition) is 3. The van der Waals surface area contributed by atoms with Crippen LogP contribution in [0.1, 0.15) is 36.0 Å². The Bertz CT molecular complexity index is 543. The summed E-state index contributed by atoms with van der Waals surface area (Å²) in [6.45, 7) is 0. The van der Waals surface area contributed by atoms with E-state index in [4.69, 9.17) is 17.2 Å². The third kappa shape index (κ3) is 3.05. The highest BCUT2D eigenvalue weighted by atomic mass is 19.1. The van der Waals surface area contributed by atoms with Crippen LogP contribution in [0.4, 0.5) is 16.0 Å². The summed E-state index contributed by atoms with van der Waals surface area (Å²) in [6.07, 6.45) is 3.26.